The predicted octanol–water partition coefficient (Wildman–Crippen LogP) is 3.24. The fourth-order valence-electron chi connectivity index (χ4n) is 2.88. The average Bonchev–Trinajstić information content (AvgIpc) is 3.27. The van der Waals surface area contributed by atoms with Crippen molar-refractivity contribution in [2.45, 2.75) is 13.3 Å². The molecule has 7 heteroatoms. The van der Waals surface area contributed by atoms with Crippen LogP contribution in [0.5, 0.6) is 5.75 Å². The Balaban J connectivity index is 1.36. The number of aromatic nitrogens is 1. The van der Waals surface area contributed by atoms with Gasteiger partial charge in [0.1, 0.15) is 17.1 Å². The van der Waals surface area contributed by atoms with Gasteiger partial charge in [0, 0.05) is 12.0 Å². The van der Waals surface area contributed by atoms with Crippen LogP contribution in [-0.4, -0.2) is 23.5 Å². The number of oxazole rings is 1. The first-order valence-corrected chi connectivity index (χ1v) is 9.08. The quantitative estimate of drug-likeness (QED) is 0.513. The molecule has 2 heterocycles. The maximum absolute atomic E-state index is 11.5. The van der Waals surface area contributed by atoms with Crippen LogP contribution < -0.4 is 10.2 Å². The van der Waals surface area contributed by atoms with Gasteiger partial charge in [-0.3, -0.25) is 4.79 Å². The third kappa shape index (κ3) is 4.19. The van der Waals surface area contributed by atoms with E-state index in [9.17, 15) is 9.59 Å². The largest absolute Gasteiger partial charge is 0.493 e. The summed E-state index contributed by atoms with van der Waals surface area (Å²) in [5, 5.41) is 0. The zero-order valence-electron chi connectivity index (χ0n) is 15.7. The SMILES string of the molecule is Cc1oc(-c2ccccc2)nc1CCOc1ccc(/C=C2/C(=O)NOC2=O)cc1. The van der Waals surface area contributed by atoms with Crippen molar-refractivity contribution in [2.24, 2.45) is 0 Å². The highest BCUT2D eigenvalue weighted by atomic mass is 16.7. The van der Waals surface area contributed by atoms with Gasteiger partial charge in [0.15, 0.2) is 0 Å². The first-order chi connectivity index (χ1) is 14.1. The first-order valence-electron chi connectivity index (χ1n) is 9.08. The molecule has 1 N–H and O–H groups in total. The first kappa shape index (κ1) is 18.5. The highest BCUT2D eigenvalue weighted by Gasteiger charge is 2.28. The van der Waals surface area contributed by atoms with E-state index in [-0.39, 0.29) is 5.57 Å². The van der Waals surface area contributed by atoms with Gasteiger partial charge in [-0.05, 0) is 42.8 Å². The molecule has 7 nitrogen and oxygen atoms in total. The molecule has 3 aromatic rings. The van der Waals surface area contributed by atoms with E-state index in [0.717, 1.165) is 17.0 Å². The molecule has 0 bridgehead atoms. The monoisotopic (exact) mass is 390 g/mol. The topological polar surface area (TPSA) is 90.7 Å². The number of aryl methyl sites for hydroxylation is 1. The number of ether oxygens (including phenoxy) is 1. The van der Waals surface area contributed by atoms with Gasteiger partial charge in [-0.15, -0.1) is 0 Å². The van der Waals surface area contributed by atoms with E-state index in [1.54, 1.807) is 24.3 Å². The molecule has 0 atom stereocenters. The van der Waals surface area contributed by atoms with Gasteiger partial charge >= 0.3 is 5.97 Å². The van der Waals surface area contributed by atoms with Gasteiger partial charge in [-0.2, -0.15) is 5.48 Å². The van der Waals surface area contributed by atoms with Gasteiger partial charge in [0.25, 0.3) is 5.91 Å². The van der Waals surface area contributed by atoms with Gasteiger partial charge in [-0.1, -0.05) is 30.3 Å². The van der Waals surface area contributed by atoms with Gasteiger partial charge in [0.2, 0.25) is 5.89 Å². The Morgan fingerprint density at radius 3 is 2.52 bits per heavy atom. The van der Waals surface area contributed by atoms with Crippen LogP contribution in [0.4, 0.5) is 0 Å². The lowest BCUT2D eigenvalue weighted by Gasteiger charge is -2.05. The molecule has 0 spiro atoms. The van der Waals surface area contributed by atoms with E-state index in [4.69, 9.17) is 9.15 Å². The van der Waals surface area contributed by atoms with Crippen LogP contribution in [0.25, 0.3) is 17.5 Å². The number of carbonyl (C=O) groups excluding carboxylic acids is 2. The molecule has 146 valence electrons. The van der Waals surface area contributed by atoms with Gasteiger partial charge in [0.05, 0.1) is 12.3 Å². The lowest BCUT2D eigenvalue weighted by Crippen LogP contribution is -2.12. The van der Waals surface area contributed by atoms with Gasteiger partial charge in [-0.25, -0.2) is 9.78 Å². The third-order valence-corrected chi connectivity index (χ3v) is 4.41. The molecule has 4 rings (SSSR count). The number of carbonyl (C=O) groups is 2. The van der Waals surface area contributed by atoms with Crippen molar-refractivity contribution in [3.8, 4) is 17.2 Å². The highest BCUT2D eigenvalue weighted by Crippen LogP contribution is 2.22. The van der Waals surface area contributed by atoms with Crippen molar-refractivity contribution in [1.82, 2.24) is 10.5 Å². The number of hydrogen-bond acceptors (Lipinski definition) is 6. The maximum atomic E-state index is 11.5. The molecule has 0 radical (unpaired) electrons. The van der Waals surface area contributed by atoms with Crippen molar-refractivity contribution >= 4 is 18.0 Å². The molecular formula is C22H18N2O5. The number of rotatable bonds is 6. The number of nitrogens with one attached hydrogen (secondary N) is 1. The summed E-state index contributed by atoms with van der Waals surface area (Å²) in [7, 11) is 0. The smallest absolute Gasteiger partial charge is 0.368 e. The second-order valence-corrected chi connectivity index (χ2v) is 6.43. The Kier molecular flexibility index (Phi) is 5.11. The van der Waals surface area contributed by atoms with Gasteiger partial charge < -0.3 is 14.0 Å². The minimum atomic E-state index is -0.687. The van der Waals surface area contributed by atoms with E-state index in [2.05, 4.69) is 9.82 Å². The normalized spacial score (nSPS) is 14.7. The highest BCUT2D eigenvalue weighted by molar-refractivity contribution is 6.22. The lowest BCUT2D eigenvalue weighted by atomic mass is 10.1. The third-order valence-electron chi connectivity index (χ3n) is 4.41. The number of hydrogen-bond donors (Lipinski definition) is 1. The molecule has 1 saturated heterocycles. The minimum Gasteiger partial charge on any atom is -0.493 e. The second kappa shape index (κ2) is 8.02. The maximum Gasteiger partial charge on any atom is 0.368 e. The van der Waals surface area contributed by atoms with Crippen LogP contribution in [0.2, 0.25) is 0 Å². The van der Waals surface area contributed by atoms with Crippen molar-refractivity contribution < 1.29 is 23.6 Å². The zero-order valence-corrected chi connectivity index (χ0v) is 15.7. The summed E-state index contributed by atoms with van der Waals surface area (Å²) >= 11 is 0. The molecule has 29 heavy (non-hydrogen) atoms. The Morgan fingerprint density at radius 1 is 1.07 bits per heavy atom. The molecule has 0 unspecified atom stereocenters. The van der Waals surface area contributed by atoms with Crippen LogP contribution in [0.3, 0.4) is 0 Å². The standard InChI is InChI=1S/C22H18N2O5/c1-14-19(23-21(28-14)16-5-3-2-4-6-16)11-12-27-17-9-7-15(8-10-17)13-18-20(25)24-29-22(18)26/h2-10,13H,11-12H2,1H3,(H,24,25)/b18-13-. The number of amides is 1. The van der Waals surface area contributed by atoms with E-state index in [1.165, 1.54) is 6.08 Å². The number of benzene rings is 2. The molecule has 1 amide bonds. The zero-order chi connectivity index (χ0) is 20.2. The summed E-state index contributed by atoms with van der Waals surface area (Å²) < 4.78 is 11.5. The molecule has 0 saturated carbocycles. The molecule has 0 aliphatic carbocycles. The van der Waals surface area contributed by atoms with Crippen molar-refractivity contribution in [1.29, 1.82) is 0 Å². The molecule has 2 aromatic carbocycles. The molecule has 1 fully saturated rings. The summed E-state index contributed by atoms with van der Waals surface area (Å²) in [5.41, 5.74) is 4.47. The second-order valence-electron chi connectivity index (χ2n) is 6.43. The van der Waals surface area contributed by atoms with Crippen LogP contribution >= 0.6 is 0 Å². The van der Waals surface area contributed by atoms with E-state index >= 15 is 0 Å². The van der Waals surface area contributed by atoms with Crippen molar-refractivity contribution in [3.63, 3.8) is 0 Å². The van der Waals surface area contributed by atoms with Crippen LogP contribution in [0.1, 0.15) is 17.0 Å². The molecule has 1 aliphatic heterocycles. The Labute approximate surface area is 166 Å². The number of hydroxylamine groups is 1. The summed E-state index contributed by atoms with van der Waals surface area (Å²) in [4.78, 5) is 32.0. The van der Waals surface area contributed by atoms with Crippen molar-refractivity contribution in [3.05, 3.63) is 77.2 Å². The lowest BCUT2D eigenvalue weighted by molar-refractivity contribution is -0.143. The van der Waals surface area contributed by atoms with E-state index in [1.807, 2.05) is 42.7 Å². The summed E-state index contributed by atoms with van der Waals surface area (Å²) in [5.74, 6) is 0.817. The predicted molar refractivity (Wildman–Crippen MR) is 105 cm³/mol. The summed E-state index contributed by atoms with van der Waals surface area (Å²) in [6.45, 7) is 2.33. The Bertz CT molecular complexity index is 1050. The summed E-state index contributed by atoms with van der Waals surface area (Å²) in [6.07, 6.45) is 2.08. The van der Waals surface area contributed by atoms with E-state index < -0.39 is 11.9 Å². The Hall–Kier alpha value is -3.87. The van der Waals surface area contributed by atoms with Crippen molar-refractivity contribution in [2.75, 3.05) is 6.61 Å². The molecular weight excluding hydrogens is 372 g/mol. The summed E-state index contributed by atoms with van der Waals surface area (Å²) in [6, 6.07) is 16.8. The fraction of sp³-hybridized carbons (Fsp3) is 0.136. The minimum absolute atomic E-state index is 0.0330. The average molecular weight is 390 g/mol. The van der Waals surface area contributed by atoms with E-state index in [0.29, 0.717) is 30.2 Å². The molecule has 1 aromatic heterocycles. The Morgan fingerprint density at radius 2 is 1.83 bits per heavy atom. The fourth-order valence-corrected chi connectivity index (χ4v) is 2.88. The molecule has 1 aliphatic rings. The van der Waals surface area contributed by atoms with Crippen LogP contribution in [0.15, 0.2) is 64.6 Å². The van der Waals surface area contributed by atoms with Crippen LogP contribution in [-0.2, 0) is 20.8 Å². The number of nitrogens with zero attached hydrogens (tertiary/aromatic N) is 1. The van der Waals surface area contributed by atoms with Crippen LogP contribution in [0, 0.1) is 6.92 Å².